The van der Waals surface area contributed by atoms with Gasteiger partial charge in [0.15, 0.2) is 0 Å². The van der Waals surface area contributed by atoms with Gasteiger partial charge in [-0.2, -0.15) is 0 Å². The van der Waals surface area contributed by atoms with E-state index in [1.54, 1.807) is 0 Å². The van der Waals surface area contributed by atoms with E-state index in [0.29, 0.717) is 0 Å². The van der Waals surface area contributed by atoms with Crippen LogP contribution in [0.25, 0.3) is 10.9 Å². The molecule has 18 heavy (non-hydrogen) atoms. The second-order valence-corrected chi connectivity index (χ2v) is 4.85. The van der Waals surface area contributed by atoms with Crippen LogP contribution in [0, 0.1) is 6.92 Å². The van der Waals surface area contributed by atoms with E-state index in [0.717, 1.165) is 22.6 Å². The third-order valence-corrected chi connectivity index (χ3v) is 3.41. The first kappa shape index (κ1) is 11.3. The molecule has 0 saturated heterocycles. The van der Waals surface area contributed by atoms with Crippen LogP contribution in [0.5, 0.6) is 0 Å². The minimum Gasteiger partial charge on any atom is -0.341 e. The topological polar surface area (TPSA) is 17.8 Å². The fourth-order valence-electron chi connectivity index (χ4n) is 2.15. The van der Waals surface area contributed by atoms with Gasteiger partial charge in [-0.05, 0) is 42.8 Å². The molecule has 3 heteroatoms. The van der Waals surface area contributed by atoms with Crippen LogP contribution in [0.1, 0.15) is 11.3 Å². The summed E-state index contributed by atoms with van der Waals surface area (Å²) in [6, 6.07) is 12.1. The lowest BCUT2D eigenvalue weighted by Crippen LogP contribution is -2.02. The third-order valence-electron chi connectivity index (χ3n) is 3.17. The highest BCUT2D eigenvalue weighted by molar-refractivity contribution is 6.31. The third kappa shape index (κ3) is 2.00. The Morgan fingerprint density at radius 3 is 2.94 bits per heavy atom. The van der Waals surface area contributed by atoms with Gasteiger partial charge < -0.3 is 4.57 Å². The molecule has 0 bridgehead atoms. The van der Waals surface area contributed by atoms with E-state index < -0.39 is 0 Å². The standard InChI is InChI=1S/C15H13ClN2/c1-11-3-2-7-17-14(11)10-18-8-6-12-9-13(16)4-5-15(12)18/h2-9H,10H2,1H3. The van der Waals surface area contributed by atoms with Gasteiger partial charge in [0.05, 0.1) is 12.2 Å². The molecule has 90 valence electrons. The Morgan fingerprint density at radius 1 is 1.22 bits per heavy atom. The van der Waals surface area contributed by atoms with E-state index in [9.17, 15) is 0 Å². The quantitative estimate of drug-likeness (QED) is 0.676. The maximum Gasteiger partial charge on any atom is 0.0651 e. The van der Waals surface area contributed by atoms with Crippen LogP contribution >= 0.6 is 11.6 Å². The highest BCUT2D eigenvalue weighted by atomic mass is 35.5. The second kappa shape index (κ2) is 4.46. The molecule has 3 rings (SSSR count). The Labute approximate surface area is 111 Å². The zero-order valence-electron chi connectivity index (χ0n) is 10.1. The smallest absolute Gasteiger partial charge is 0.0651 e. The van der Waals surface area contributed by atoms with Gasteiger partial charge in [0.25, 0.3) is 0 Å². The molecule has 0 atom stereocenters. The van der Waals surface area contributed by atoms with Crippen molar-refractivity contribution in [1.29, 1.82) is 0 Å². The van der Waals surface area contributed by atoms with Crippen molar-refractivity contribution in [2.45, 2.75) is 13.5 Å². The van der Waals surface area contributed by atoms with E-state index in [2.05, 4.69) is 40.9 Å². The van der Waals surface area contributed by atoms with Gasteiger partial charge in [0, 0.05) is 28.3 Å². The van der Waals surface area contributed by atoms with Crippen molar-refractivity contribution >= 4 is 22.5 Å². The van der Waals surface area contributed by atoms with E-state index in [-0.39, 0.29) is 0 Å². The highest BCUT2D eigenvalue weighted by Crippen LogP contribution is 2.21. The normalized spacial score (nSPS) is 11.0. The van der Waals surface area contributed by atoms with Crippen molar-refractivity contribution in [2.24, 2.45) is 0 Å². The summed E-state index contributed by atoms with van der Waals surface area (Å²) in [5.74, 6) is 0. The molecule has 0 aliphatic rings. The molecule has 0 N–H and O–H groups in total. The Hall–Kier alpha value is -1.80. The van der Waals surface area contributed by atoms with E-state index in [4.69, 9.17) is 11.6 Å². The average Bonchev–Trinajstić information content (AvgIpc) is 2.74. The van der Waals surface area contributed by atoms with Crippen LogP contribution in [0.3, 0.4) is 0 Å². The fourth-order valence-corrected chi connectivity index (χ4v) is 2.33. The van der Waals surface area contributed by atoms with Crippen molar-refractivity contribution in [2.75, 3.05) is 0 Å². The van der Waals surface area contributed by atoms with Crippen LogP contribution in [0.4, 0.5) is 0 Å². The first-order valence-electron chi connectivity index (χ1n) is 5.89. The van der Waals surface area contributed by atoms with E-state index in [1.165, 1.54) is 11.1 Å². The van der Waals surface area contributed by atoms with Gasteiger partial charge in [0.1, 0.15) is 0 Å². The van der Waals surface area contributed by atoms with Crippen LogP contribution in [0.15, 0.2) is 48.8 Å². The van der Waals surface area contributed by atoms with E-state index in [1.807, 2.05) is 24.4 Å². The molecule has 0 aliphatic carbocycles. The van der Waals surface area contributed by atoms with Crippen LogP contribution in [-0.2, 0) is 6.54 Å². The molecule has 0 unspecified atom stereocenters. The lowest BCUT2D eigenvalue weighted by molar-refractivity contribution is 0.799. The maximum absolute atomic E-state index is 5.99. The maximum atomic E-state index is 5.99. The number of rotatable bonds is 2. The molecule has 0 fully saturated rings. The van der Waals surface area contributed by atoms with Crippen LogP contribution < -0.4 is 0 Å². The SMILES string of the molecule is Cc1cccnc1Cn1ccc2cc(Cl)ccc21. The van der Waals surface area contributed by atoms with Gasteiger partial charge in [0.2, 0.25) is 0 Å². The zero-order valence-corrected chi connectivity index (χ0v) is 10.9. The summed E-state index contributed by atoms with van der Waals surface area (Å²) in [5, 5.41) is 1.94. The Morgan fingerprint density at radius 2 is 2.11 bits per heavy atom. The van der Waals surface area contributed by atoms with Gasteiger partial charge in [-0.15, -0.1) is 0 Å². The number of aromatic nitrogens is 2. The molecular formula is C15H13ClN2. The minimum absolute atomic E-state index is 0.772. The van der Waals surface area contributed by atoms with Crippen molar-refractivity contribution < 1.29 is 0 Å². The molecule has 1 aromatic carbocycles. The zero-order chi connectivity index (χ0) is 12.5. The van der Waals surface area contributed by atoms with Gasteiger partial charge >= 0.3 is 0 Å². The molecule has 0 spiro atoms. The molecule has 0 amide bonds. The molecule has 2 nitrogen and oxygen atoms in total. The Balaban J connectivity index is 2.03. The molecule has 3 aromatic rings. The number of fused-ring (bicyclic) bond motifs is 1. The Kier molecular flexibility index (Phi) is 2.80. The summed E-state index contributed by atoms with van der Waals surface area (Å²) in [6.07, 6.45) is 3.92. The summed E-state index contributed by atoms with van der Waals surface area (Å²) < 4.78 is 2.20. The molecule has 2 heterocycles. The number of pyridine rings is 1. The van der Waals surface area contributed by atoms with Crippen LogP contribution in [0.2, 0.25) is 5.02 Å². The number of halogens is 1. The van der Waals surface area contributed by atoms with Gasteiger partial charge in [-0.25, -0.2) is 0 Å². The van der Waals surface area contributed by atoms with Crippen molar-refractivity contribution in [3.63, 3.8) is 0 Å². The van der Waals surface area contributed by atoms with Crippen molar-refractivity contribution in [3.8, 4) is 0 Å². The summed E-state index contributed by atoms with van der Waals surface area (Å²) in [5.41, 5.74) is 3.50. The fraction of sp³-hybridized carbons (Fsp3) is 0.133. The predicted molar refractivity (Wildman–Crippen MR) is 75.0 cm³/mol. The minimum atomic E-state index is 0.772. The summed E-state index contributed by atoms with van der Waals surface area (Å²) in [4.78, 5) is 4.43. The predicted octanol–water partition coefficient (Wildman–Crippen LogP) is 4.05. The van der Waals surface area contributed by atoms with Crippen molar-refractivity contribution in [3.05, 3.63) is 65.1 Å². The van der Waals surface area contributed by atoms with E-state index >= 15 is 0 Å². The summed E-state index contributed by atoms with van der Waals surface area (Å²) in [7, 11) is 0. The summed E-state index contributed by atoms with van der Waals surface area (Å²) >= 11 is 5.99. The first-order valence-corrected chi connectivity index (χ1v) is 6.27. The molecule has 0 saturated carbocycles. The number of nitrogens with zero attached hydrogens (tertiary/aromatic N) is 2. The number of aryl methyl sites for hydroxylation is 1. The molecule has 0 radical (unpaired) electrons. The Bertz CT molecular complexity index is 701. The summed E-state index contributed by atoms with van der Waals surface area (Å²) in [6.45, 7) is 2.88. The van der Waals surface area contributed by atoms with Crippen molar-refractivity contribution in [1.82, 2.24) is 9.55 Å². The number of benzene rings is 1. The monoisotopic (exact) mass is 256 g/mol. The largest absolute Gasteiger partial charge is 0.341 e. The number of hydrogen-bond donors (Lipinski definition) is 0. The molecular weight excluding hydrogens is 244 g/mol. The average molecular weight is 257 g/mol. The number of hydrogen-bond acceptors (Lipinski definition) is 1. The second-order valence-electron chi connectivity index (χ2n) is 4.41. The molecule has 0 aliphatic heterocycles. The van der Waals surface area contributed by atoms with Gasteiger partial charge in [-0.1, -0.05) is 17.7 Å². The first-order chi connectivity index (χ1) is 8.74. The lowest BCUT2D eigenvalue weighted by Gasteiger charge is -2.07. The lowest BCUT2D eigenvalue weighted by atomic mass is 10.2. The van der Waals surface area contributed by atoms with Gasteiger partial charge in [-0.3, -0.25) is 4.98 Å². The molecule has 2 aromatic heterocycles. The highest BCUT2D eigenvalue weighted by Gasteiger charge is 2.04. The van der Waals surface area contributed by atoms with Crippen LogP contribution in [-0.4, -0.2) is 9.55 Å².